The molecule has 0 aliphatic rings. The van der Waals surface area contributed by atoms with Crippen molar-refractivity contribution in [2.45, 2.75) is 6.18 Å². The summed E-state index contributed by atoms with van der Waals surface area (Å²) in [6.07, 6.45) is -4.56. The van der Waals surface area contributed by atoms with Crippen molar-refractivity contribution in [2.75, 3.05) is 0 Å². The maximum Gasteiger partial charge on any atom is 0.435 e. The number of alkyl halides is 3. The predicted molar refractivity (Wildman–Crippen MR) is 67.8 cm³/mol. The zero-order chi connectivity index (χ0) is 15.0. The van der Waals surface area contributed by atoms with Gasteiger partial charge in [-0.1, -0.05) is 30.3 Å². The van der Waals surface area contributed by atoms with E-state index in [1.165, 1.54) is 6.07 Å². The highest BCUT2D eigenvalue weighted by molar-refractivity contribution is 5.60. The van der Waals surface area contributed by atoms with Gasteiger partial charge in [0.25, 0.3) is 0 Å². The fourth-order valence-electron chi connectivity index (χ4n) is 1.86. The Hall–Kier alpha value is -2.77. The largest absolute Gasteiger partial charge is 0.493 e. The lowest BCUT2D eigenvalue weighted by atomic mass is 10.2. The van der Waals surface area contributed by atoms with E-state index in [0.29, 0.717) is 5.69 Å². The second-order valence-corrected chi connectivity index (χ2v) is 4.30. The quantitative estimate of drug-likeness (QED) is 0.763. The summed E-state index contributed by atoms with van der Waals surface area (Å²) >= 11 is 0. The number of benzene rings is 1. The fraction of sp³-hybridized carbons (Fsp3) is 0.0769. The van der Waals surface area contributed by atoms with Gasteiger partial charge in [0, 0.05) is 17.7 Å². The SMILES string of the molecule is Oc1cc(-c2ccccc2)nn1-c1cc(C(F)(F)F)n[nH]1. The molecule has 0 bridgehead atoms. The van der Waals surface area contributed by atoms with Crippen LogP contribution in [0, 0.1) is 0 Å². The molecule has 0 saturated carbocycles. The Morgan fingerprint density at radius 3 is 2.43 bits per heavy atom. The van der Waals surface area contributed by atoms with E-state index in [1.54, 1.807) is 24.3 Å². The van der Waals surface area contributed by atoms with E-state index >= 15 is 0 Å². The zero-order valence-corrected chi connectivity index (χ0v) is 10.5. The Morgan fingerprint density at radius 2 is 1.81 bits per heavy atom. The molecule has 3 aromatic rings. The average Bonchev–Trinajstić information content (AvgIpc) is 3.05. The van der Waals surface area contributed by atoms with Crippen LogP contribution in [0.25, 0.3) is 17.1 Å². The number of halogens is 3. The number of H-pyrrole nitrogens is 1. The maximum atomic E-state index is 12.5. The number of aromatic amines is 1. The summed E-state index contributed by atoms with van der Waals surface area (Å²) in [5, 5.41) is 19.3. The lowest BCUT2D eigenvalue weighted by Crippen LogP contribution is -2.04. The number of hydrogen-bond acceptors (Lipinski definition) is 3. The monoisotopic (exact) mass is 294 g/mol. The lowest BCUT2D eigenvalue weighted by Gasteiger charge is -1.99. The van der Waals surface area contributed by atoms with Gasteiger partial charge in [-0.2, -0.15) is 28.1 Å². The van der Waals surface area contributed by atoms with Crippen LogP contribution in [0.2, 0.25) is 0 Å². The first-order valence-electron chi connectivity index (χ1n) is 5.92. The summed E-state index contributed by atoms with van der Waals surface area (Å²) < 4.78 is 38.5. The molecule has 0 spiro atoms. The van der Waals surface area contributed by atoms with Crippen molar-refractivity contribution in [3.8, 4) is 23.0 Å². The van der Waals surface area contributed by atoms with E-state index in [4.69, 9.17) is 0 Å². The van der Waals surface area contributed by atoms with Gasteiger partial charge in [0.15, 0.2) is 11.5 Å². The molecule has 21 heavy (non-hydrogen) atoms. The van der Waals surface area contributed by atoms with E-state index in [0.717, 1.165) is 16.3 Å². The first-order valence-corrected chi connectivity index (χ1v) is 5.92. The second kappa shape index (κ2) is 4.65. The molecule has 108 valence electrons. The van der Waals surface area contributed by atoms with Crippen LogP contribution in [-0.2, 0) is 6.18 Å². The molecule has 2 N–H and O–H groups in total. The van der Waals surface area contributed by atoms with Crippen LogP contribution in [0.5, 0.6) is 5.88 Å². The van der Waals surface area contributed by atoms with Crippen LogP contribution < -0.4 is 0 Å². The van der Waals surface area contributed by atoms with Crippen molar-refractivity contribution in [1.82, 2.24) is 20.0 Å². The first kappa shape index (κ1) is 13.2. The van der Waals surface area contributed by atoms with E-state index in [2.05, 4.69) is 15.3 Å². The molecule has 2 aromatic heterocycles. The van der Waals surface area contributed by atoms with Crippen molar-refractivity contribution in [2.24, 2.45) is 0 Å². The van der Waals surface area contributed by atoms with E-state index in [1.807, 2.05) is 6.07 Å². The molecular weight excluding hydrogens is 285 g/mol. The number of nitrogens with zero attached hydrogens (tertiary/aromatic N) is 3. The lowest BCUT2D eigenvalue weighted by molar-refractivity contribution is -0.141. The Balaban J connectivity index is 2.00. The van der Waals surface area contributed by atoms with E-state index < -0.39 is 11.9 Å². The number of rotatable bonds is 2. The van der Waals surface area contributed by atoms with Gasteiger partial charge < -0.3 is 5.11 Å². The maximum absolute atomic E-state index is 12.5. The van der Waals surface area contributed by atoms with Crippen LogP contribution in [0.1, 0.15) is 5.69 Å². The Kier molecular flexibility index (Phi) is 2.93. The van der Waals surface area contributed by atoms with Crippen LogP contribution >= 0.6 is 0 Å². The zero-order valence-electron chi connectivity index (χ0n) is 10.5. The fourth-order valence-corrected chi connectivity index (χ4v) is 1.86. The molecule has 2 heterocycles. The van der Waals surface area contributed by atoms with Gasteiger partial charge in [0.1, 0.15) is 0 Å². The molecule has 1 aromatic carbocycles. The third-order valence-corrected chi connectivity index (χ3v) is 2.84. The summed E-state index contributed by atoms with van der Waals surface area (Å²) in [6.45, 7) is 0. The van der Waals surface area contributed by atoms with E-state index in [-0.39, 0.29) is 11.7 Å². The molecule has 3 rings (SSSR count). The van der Waals surface area contributed by atoms with Gasteiger partial charge in [-0.25, -0.2) is 0 Å². The number of nitrogens with one attached hydrogen (secondary N) is 1. The van der Waals surface area contributed by atoms with Crippen LogP contribution in [0.15, 0.2) is 42.5 Å². The highest BCUT2D eigenvalue weighted by Crippen LogP contribution is 2.30. The standard InChI is InChI=1S/C13H9F3N4O/c14-13(15,16)10-7-11(18-17-10)20-12(21)6-9(19-20)8-4-2-1-3-5-8/h1-7,21H,(H,17,18). The second-order valence-electron chi connectivity index (χ2n) is 4.30. The molecule has 8 heteroatoms. The van der Waals surface area contributed by atoms with Gasteiger partial charge in [-0.3, -0.25) is 5.10 Å². The van der Waals surface area contributed by atoms with Crippen molar-refractivity contribution >= 4 is 0 Å². The molecule has 0 amide bonds. The number of aromatic hydroxyl groups is 1. The number of hydrogen-bond donors (Lipinski definition) is 2. The smallest absolute Gasteiger partial charge is 0.435 e. The van der Waals surface area contributed by atoms with Gasteiger partial charge in [-0.05, 0) is 0 Å². The molecule has 0 unspecified atom stereocenters. The molecule has 0 saturated heterocycles. The molecule has 0 radical (unpaired) electrons. The van der Waals surface area contributed by atoms with Crippen molar-refractivity contribution in [3.63, 3.8) is 0 Å². The van der Waals surface area contributed by atoms with Crippen LogP contribution in [0.3, 0.4) is 0 Å². The predicted octanol–water partition coefficient (Wildman–Crippen LogP) is 2.99. The molecular formula is C13H9F3N4O. The molecule has 5 nitrogen and oxygen atoms in total. The van der Waals surface area contributed by atoms with Gasteiger partial charge in [0.2, 0.25) is 5.88 Å². The molecule has 0 aliphatic heterocycles. The normalized spacial score (nSPS) is 11.8. The topological polar surface area (TPSA) is 66.7 Å². The third kappa shape index (κ3) is 2.47. The number of aromatic nitrogens is 4. The minimum absolute atomic E-state index is 0.0676. The van der Waals surface area contributed by atoms with Gasteiger partial charge >= 0.3 is 6.18 Å². The summed E-state index contributed by atoms with van der Waals surface area (Å²) in [4.78, 5) is 0. The highest BCUT2D eigenvalue weighted by Gasteiger charge is 2.34. The summed E-state index contributed by atoms with van der Waals surface area (Å²) in [6, 6.07) is 11.1. The van der Waals surface area contributed by atoms with Crippen LogP contribution in [0.4, 0.5) is 13.2 Å². The van der Waals surface area contributed by atoms with Crippen molar-refractivity contribution in [3.05, 3.63) is 48.2 Å². The summed E-state index contributed by atoms with van der Waals surface area (Å²) in [5.41, 5.74) is 0.104. The van der Waals surface area contributed by atoms with E-state index in [9.17, 15) is 18.3 Å². The first-order chi connectivity index (χ1) is 9.95. The third-order valence-electron chi connectivity index (χ3n) is 2.84. The van der Waals surface area contributed by atoms with Crippen LogP contribution in [-0.4, -0.2) is 25.1 Å². The molecule has 0 fully saturated rings. The van der Waals surface area contributed by atoms with Gasteiger partial charge in [-0.15, -0.1) is 0 Å². The van der Waals surface area contributed by atoms with Gasteiger partial charge in [0.05, 0.1) is 5.69 Å². The molecule has 0 aliphatic carbocycles. The summed E-state index contributed by atoms with van der Waals surface area (Å²) in [7, 11) is 0. The minimum Gasteiger partial charge on any atom is -0.493 e. The highest BCUT2D eigenvalue weighted by atomic mass is 19.4. The average molecular weight is 294 g/mol. The minimum atomic E-state index is -4.56. The Bertz CT molecular complexity index is 761. The summed E-state index contributed by atoms with van der Waals surface area (Å²) in [5.74, 6) is -0.353. The Morgan fingerprint density at radius 1 is 1.10 bits per heavy atom. The van der Waals surface area contributed by atoms with Crippen molar-refractivity contribution in [1.29, 1.82) is 0 Å². The Labute approximate surface area is 116 Å². The molecule has 0 atom stereocenters. The van der Waals surface area contributed by atoms with Crippen molar-refractivity contribution < 1.29 is 18.3 Å².